The Kier molecular flexibility index (Phi) is 64.4. The second kappa shape index (κ2) is 75.0. The molecule has 0 aromatic carbocycles. The Morgan fingerprint density at radius 1 is 0.184 bits per heavy atom. The van der Waals surface area contributed by atoms with Gasteiger partial charge in [-0.2, -0.15) is 0 Å². The molecule has 0 amide bonds. The van der Waals surface area contributed by atoms with Gasteiger partial charge in [0.1, 0.15) is 0 Å². The number of hydrogen-bond acceptors (Lipinski definition) is 35. The number of carboxylic acid groups (broad SMARTS) is 7. The van der Waals surface area contributed by atoms with Crippen molar-refractivity contribution in [2.45, 2.75) is 447 Å². The summed E-state index contributed by atoms with van der Waals surface area (Å²) in [7, 11) is 1.74. The second-order valence-electron chi connectivity index (χ2n) is 40.6. The topological polar surface area (TPSA) is 520 Å². The molecule has 42 nitrogen and oxygen atoms in total. The summed E-state index contributed by atoms with van der Waals surface area (Å²) >= 11 is 0. The first-order chi connectivity index (χ1) is 71.3. The van der Waals surface area contributed by atoms with Crippen LogP contribution in [-0.2, 0) is 133 Å². The quantitative estimate of drug-likeness (QED) is 0.0169. The Morgan fingerprint density at radius 2 is 0.340 bits per heavy atom. The van der Waals surface area contributed by atoms with E-state index in [0.29, 0.717) is 84.2 Å². The van der Waals surface area contributed by atoms with Crippen LogP contribution < -0.4 is 0 Å². The Balaban J connectivity index is 0.000000209. The van der Waals surface area contributed by atoms with Crippen molar-refractivity contribution in [1.82, 2.24) is 0 Å². The molecule has 0 aromatic rings. The third-order valence-corrected chi connectivity index (χ3v) is 29.0. The predicted molar refractivity (Wildman–Crippen MR) is 526 cm³/mol. The zero-order valence-electron chi connectivity index (χ0n) is 88.6. The van der Waals surface area contributed by atoms with Crippen molar-refractivity contribution in [2.24, 2.45) is 41.4 Å². The Bertz CT molecular complexity index is 3360. The van der Waals surface area contributed by atoms with E-state index in [4.69, 9.17) is 135 Å². The van der Waals surface area contributed by atoms with E-state index in [2.05, 4.69) is 67.8 Å². The molecule has 7 saturated heterocycles. The molecular weight excluding hydrogens is 1930 g/mol. The molecule has 854 valence electrons. The van der Waals surface area contributed by atoms with E-state index < -0.39 is 85.8 Å². The van der Waals surface area contributed by atoms with Crippen molar-refractivity contribution in [3.8, 4) is 0 Å². The molecule has 7 saturated carbocycles. The second-order valence-corrected chi connectivity index (χ2v) is 40.6. The highest BCUT2D eigenvalue weighted by Gasteiger charge is 2.43. The van der Waals surface area contributed by atoms with Crippen molar-refractivity contribution in [3.05, 3.63) is 0 Å². The zero-order valence-corrected chi connectivity index (χ0v) is 88.6. The van der Waals surface area contributed by atoms with E-state index in [1.54, 1.807) is 7.11 Å². The molecule has 14 aliphatic rings. The monoisotopic (exact) mass is 2120 g/mol. The van der Waals surface area contributed by atoms with Crippen LogP contribution in [0.5, 0.6) is 0 Å². The summed E-state index contributed by atoms with van der Waals surface area (Å²) in [6, 6.07) is 0. The van der Waals surface area contributed by atoms with Crippen LogP contribution in [-0.4, -0.2) is 348 Å². The summed E-state index contributed by atoms with van der Waals surface area (Å²) in [5.74, 6) is 2.64. The van der Waals surface area contributed by atoms with Crippen LogP contribution in [0.15, 0.2) is 0 Å². The predicted octanol–water partition coefficient (Wildman–Crippen LogP) is 19.6. The van der Waals surface area contributed by atoms with Crippen LogP contribution in [0.4, 0.5) is 33.6 Å². The highest BCUT2D eigenvalue weighted by atomic mass is 16.8. The summed E-state index contributed by atoms with van der Waals surface area (Å²) < 4.78 is 151. The van der Waals surface area contributed by atoms with E-state index in [1.165, 1.54) is 70.6 Å². The van der Waals surface area contributed by atoms with Crippen LogP contribution in [0, 0.1) is 41.4 Å². The van der Waals surface area contributed by atoms with E-state index in [-0.39, 0.29) is 137 Å². The van der Waals surface area contributed by atoms with Gasteiger partial charge in [0, 0.05) is 88.2 Å². The van der Waals surface area contributed by atoms with Crippen LogP contribution in [0.1, 0.15) is 318 Å². The van der Waals surface area contributed by atoms with Gasteiger partial charge >= 0.3 is 43.1 Å². The van der Waals surface area contributed by atoms with Crippen molar-refractivity contribution in [2.75, 3.05) is 139 Å². The first-order valence-corrected chi connectivity index (χ1v) is 55.4. The van der Waals surface area contributed by atoms with Gasteiger partial charge < -0.3 is 168 Å². The number of carbonyl (C=O) groups is 7. The van der Waals surface area contributed by atoms with E-state index in [1.807, 2.05) is 6.92 Å². The maximum atomic E-state index is 10.5. The summed E-state index contributed by atoms with van der Waals surface area (Å²) in [5, 5.41) is 59.8. The van der Waals surface area contributed by atoms with E-state index in [0.717, 1.165) is 245 Å². The summed E-state index contributed by atoms with van der Waals surface area (Å²) in [6.45, 7) is 22.0. The normalized spacial score (nSPS) is 33.6. The molecule has 0 aromatic heterocycles. The van der Waals surface area contributed by atoms with Gasteiger partial charge in [0.15, 0.2) is 86.8 Å². The van der Waals surface area contributed by atoms with Crippen molar-refractivity contribution in [1.29, 1.82) is 0 Å². The van der Waals surface area contributed by atoms with Gasteiger partial charge in [0.05, 0.1) is 135 Å². The average molecular weight is 2120 g/mol. The average Bonchev–Trinajstić information content (AvgIpc) is 0.874. The number of rotatable bonds is 42. The molecule has 7 aliphatic heterocycles. The molecular formula is C105H182O42. The van der Waals surface area contributed by atoms with Crippen LogP contribution >= 0.6 is 0 Å². The maximum Gasteiger partial charge on any atom is 0.506 e. The molecule has 14 rings (SSSR count). The fourth-order valence-electron chi connectivity index (χ4n) is 20.9. The fraction of sp³-hybridized carbons (Fsp3) is 0.933. The van der Waals surface area contributed by atoms with Gasteiger partial charge in [-0.1, -0.05) is 98.8 Å². The van der Waals surface area contributed by atoms with Crippen LogP contribution in [0.3, 0.4) is 0 Å². The van der Waals surface area contributed by atoms with Gasteiger partial charge in [-0.15, -0.1) is 0 Å². The minimum Gasteiger partial charge on any atom is -0.450 e. The highest BCUT2D eigenvalue weighted by molar-refractivity contribution is 5.59. The molecule has 147 heavy (non-hydrogen) atoms. The van der Waals surface area contributed by atoms with Gasteiger partial charge in [-0.05, 0) is 219 Å². The number of ether oxygens (including phenoxy) is 28. The van der Waals surface area contributed by atoms with Gasteiger partial charge in [0.25, 0.3) is 0 Å². The number of methoxy groups -OCH3 is 1. The zero-order chi connectivity index (χ0) is 106. The molecule has 0 radical (unpaired) electrons. The molecule has 42 heteroatoms. The molecule has 0 unspecified atom stereocenters. The number of unbranched alkanes of at least 4 members (excludes halogenated alkanes) is 10. The molecule has 7 aliphatic carbocycles. The third-order valence-electron chi connectivity index (χ3n) is 29.0. The minimum absolute atomic E-state index is 0.226. The third kappa shape index (κ3) is 52.7. The summed E-state index contributed by atoms with van der Waals surface area (Å²) in [4.78, 5) is 73.1. The SMILES string of the molecule is CCCCCCCOC1CCC(C2OCC(OC(=O)O)CO2)CC1.CCCCCCOC1CCC(C2OCC(OC(=O)O)CO2)CC1.CCCCCOC1CCC(C2OCC(OC(=O)O)CO2)CC1.CCCCOC1CCC(C2OCC(OC(=O)O)CO2)CC1.CCCOC1CCC(C2OCC(OC(=O)O)CO2)CC1.CCOC1CCC(C2OCC(OC(=O)O)CO2)CC1.COC1CCC(C2OCC(OC(=O)O)CO2)CC1. The molecule has 0 bridgehead atoms. The highest BCUT2D eigenvalue weighted by Crippen LogP contribution is 2.40. The van der Waals surface area contributed by atoms with Gasteiger partial charge in [0.2, 0.25) is 0 Å². The Labute approximate surface area is 869 Å². The van der Waals surface area contributed by atoms with Crippen molar-refractivity contribution < 1.29 is 202 Å². The molecule has 7 heterocycles. The van der Waals surface area contributed by atoms with Gasteiger partial charge in [-0.3, -0.25) is 0 Å². The van der Waals surface area contributed by atoms with Crippen molar-refractivity contribution in [3.63, 3.8) is 0 Å². The molecule has 7 N–H and O–H groups in total. The standard InChI is InChI=1S/C18H32O6.C17H30O6.C16H28O6.C15H26O6.C14H24O6.C13H22O6.C12H20O6/c1-2-3-4-5-6-11-21-15-9-7-14(8-10-15)17-22-12-16(13-23-17)24-18(19)20;1-2-3-4-5-10-20-14-8-6-13(7-9-14)16-21-11-15(12-22-16)23-17(18)19;1-2-3-4-9-19-13-7-5-12(6-8-13)15-20-10-14(11-21-15)22-16(17)18;1-2-3-8-18-12-6-4-11(5-7-12)14-19-9-13(10-20-14)21-15(16)17;1-2-7-17-11-5-3-10(4-6-11)13-18-8-12(9-19-13)20-14(15)16;1-2-16-10-5-3-9(4-6-10)12-17-7-11(8-18-12)19-13(14)15;1-15-9-4-2-8(3-5-9)11-16-6-10(7-17-11)18-12(13)14/h14-17H,2-13H2,1H3,(H,19,20);13-16H,2-12H2,1H3,(H,18,19);12-15H,2-11H2,1H3,(H,17,18);11-14H,2-10H2,1H3,(H,16,17);10-13H,2-9H2,1H3,(H,15,16);9-12H,2-8H2,1H3,(H,14,15);8-11H,2-7H2,1H3,(H,13,14). The summed E-state index contributed by atoms with van der Waals surface area (Å²) in [6.07, 6.45) is 35.8. The fourth-order valence-corrected chi connectivity index (χ4v) is 20.9. The Morgan fingerprint density at radius 3 is 0.517 bits per heavy atom. The van der Waals surface area contributed by atoms with E-state index >= 15 is 0 Å². The first-order valence-electron chi connectivity index (χ1n) is 55.4. The number of hydrogen-bond donors (Lipinski definition) is 7. The smallest absolute Gasteiger partial charge is 0.450 e. The van der Waals surface area contributed by atoms with Crippen LogP contribution in [0.2, 0.25) is 0 Å². The lowest BCUT2D eigenvalue weighted by atomic mass is 9.86. The molecule has 0 atom stereocenters. The maximum absolute atomic E-state index is 10.5. The first kappa shape index (κ1) is 126. The van der Waals surface area contributed by atoms with E-state index in [9.17, 15) is 33.6 Å². The molecule has 14 fully saturated rings. The minimum atomic E-state index is -1.29. The lowest BCUT2D eigenvalue weighted by molar-refractivity contribution is -0.244. The van der Waals surface area contributed by atoms with Crippen LogP contribution in [0.25, 0.3) is 0 Å². The van der Waals surface area contributed by atoms with Crippen molar-refractivity contribution >= 4 is 43.1 Å². The lowest BCUT2D eigenvalue weighted by Gasteiger charge is -2.37. The lowest BCUT2D eigenvalue weighted by Crippen LogP contribution is -2.43. The Hall–Kier alpha value is -5.95. The van der Waals surface area contributed by atoms with Gasteiger partial charge in [-0.25, -0.2) is 33.6 Å². The molecule has 0 spiro atoms. The summed E-state index contributed by atoms with van der Waals surface area (Å²) in [5.41, 5.74) is 0. The largest absolute Gasteiger partial charge is 0.506 e.